The molecular weight excluding hydrogens is 538 g/mol. The van der Waals surface area contributed by atoms with E-state index in [1.165, 1.54) is 11.4 Å². The van der Waals surface area contributed by atoms with Crippen LogP contribution in [0.1, 0.15) is 85.1 Å². The summed E-state index contributed by atoms with van der Waals surface area (Å²) in [6.45, 7) is 19.8. The molecule has 0 unspecified atom stereocenters. The van der Waals surface area contributed by atoms with Gasteiger partial charge in [0.15, 0.2) is 11.4 Å². The molecule has 4 aliphatic rings. The Bertz CT molecular complexity index is 1320. The molecule has 2 atom stereocenters. The number of alkyl halides is 2. The van der Waals surface area contributed by atoms with Gasteiger partial charge >= 0.3 is 23.1 Å². The Morgan fingerprint density at radius 3 is 1.28 bits per heavy atom. The first-order chi connectivity index (χ1) is 17.6. The van der Waals surface area contributed by atoms with E-state index in [4.69, 9.17) is 38.4 Å². The van der Waals surface area contributed by atoms with Gasteiger partial charge in [-0.05, 0) is 47.0 Å². The summed E-state index contributed by atoms with van der Waals surface area (Å²) in [6.07, 6.45) is 9.36. The minimum absolute atomic E-state index is 0. The summed E-state index contributed by atoms with van der Waals surface area (Å²) in [7, 11) is 0. The molecule has 0 aromatic carbocycles. The maximum absolute atomic E-state index is 5.96. The van der Waals surface area contributed by atoms with Gasteiger partial charge in [-0.25, -0.2) is 9.98 Å². The van der Waals surface area contributed by atoms with Gasteiger partial charge in [0.05, 0.1) is 23.1 Å². The molecule has 8 bridgehead atoms. The summed E-state index contributed by atoms with van der Waals surface area (Å²) in [4.78, 5) is 18.3. The van der Waals surface area contributed by atoms with E-state index in [0.29, 0.717) is 0 Å². The summed E-state index contributed by atoms with van der Waals surface area (Å²) in [6, 6.07) is 10.7. The van der Waals surface area contributed by atoms with Crippen molar-refractivity contribution in [2.75, 3.05) is 5.34 Å². The maximum Gasteiger partial charge on any atom is 2.00 e. The molecule has 6 rings (SSSR count). The van der Waals surface area contributed by atoms with Crippen molar-refractivity contribution in [2.45, 2.75) is 89.6 Å². The van der Waals surface area contributed by atoms with Crippen molar-refractivity contribution in [3.8, 4) is 6.07 Å². The zero-order chi connectivity index (χ0) is 28.4. The Hall–Kier alpha value is -1.78. The van der Waals surface area contributed by atoms with Crippen molar-refractivity contribution in [1.82, 2.24) is 9.97 Å². The molecule has 8 heteroatoms. The first-order valence-electron chi connectivity index (χ1n) is 13.1. The Kier molecular flexibility index (Phi) is 8.34. The van der Waals surface area contributed by atoms with Crippen molar-refractivity contribution in [3.05, 3.63) is 71.3 Å². The third kappa shape index (κ3) is 4.31. The molecule has 5 heterocycles. The summed E-state index contributed by atoms with van der Waals surface area (Å²) in [5.74, 6) is 0. The first kappa shape index (κ1) is 31.7. The minimum atomic E-state index is -0.261. The summed E-state index contributed by atoms with van der Waals surface area (Å²) in [5, 5.41) is 6.15. The van der Waals surface area contributed by atoms with E-state index in [-0.39, 0.29) is 61.1 Å². The Morgan fingerprint density at radius 2 is 0.974 bits per heavy atom. The van der Waals surface area contributed by atoms with Gasteiger partial charge in [-0.2, -0.15) is 11.4 Å². The minimum Gasteiger partial charge on any atom is -0.663 e. The molecule has 2 aromatic rings. The quantitative estimate of drug-likeness (QED) is 0.323. The Morgan fingerprint density at radius 1 is 0.692 bits per heavy atom. The number of fused-ring (bicyclic) bond motifs is 4. The van der Waals surface area contributed by atoms with Crippen molar-refractivity contribution >= 4 is 57.7 Å². The van der Waals surface area contributed by atoms with Crippen LogP contribution in [0.15, 0.2) is 48.6 Å². The Balaban J connectivity index is 0.000000553. The number of rotatable bonds is 0. The van der Waals surface area contributed by atoms with Crippen LogP contribution >= 0.6 is 23.2 Å². The first-order valence-corrected chi connectivity index (χ1v) is 14.1. The fourth-order valence-corrected chi connectivity index (χ4v) is 6.39. The summed E-state index contributed by atoms with van der Waals surface area (Å²) in [5.41, 5.74) is 5.84. The Labute approximate surface area is 259 Å². The van der Waals surface area contributed by atoms with E-state index < -0.39 is 0 Å². The van der Waals surface area contributed by atoms with Crippen LogP contribution in [0.5, 0.6) is 0 Å². The van der Waals surface area contributed by atoms with Crippen LogP contribution in [0.2, 0.25) is 0 Å². The molecule has 3 aliphatic heterocycles. The monoisotopic (exact) mass is 576 g/mol. The van der Waals surface area contributed by atoms with E-state index in [0.717, 1.165) is 22.8 Å². The second-order valence-electron chi connectivity index (χ2n) is 12.6. The van der Waals surface area contributed by atoms with Crippen LogP contribution in [0, 0.1) is 11.5 Å². The molecule has 5 nitrogen and oxygen atoms in total. The largest absolute Gasteiger partial charge is 2.00 e. The number of aromatic nitrogens is 2. The van der Waals surface area contributed by atoms with E-state index >= 15 is 0 Å². The predicted octanol–water partition coefficient (Wildman–Crippen LogP) is 1.02. The number of nitrogens with one attached hydrogen (secondary N) is 3. The van der Waals surface area contributed by atoms with E-state index in [1.807, 2.05) is 6.07 Å². The predicted molar refractivity (Wildman–Crippen MR) is 160 cm³/mol. The average molecular weight is 578 g/mol. The average Bonchev–Trinajstić information content (AvgIpc) is 3.57. The standard InChI is InChI=1S/C28H32N4.C2H3N.CH2Cl2.Mg/c1-23(2)17-9-11-19(29-17)24(3,4)21-13-15-27(31-21)26(7,8)28(27)16-14-22(32-28)25(5,6)20-12-10-18(23)30-20;1-2-3;2-1-3;/h9-16H,1-8H3;1H3;1H2;/q-2;;;+2/p+3/t27-,28+;;;. The van der Waals surface area contributed by atoms with Gasteiger partial charge in [-0.15, -0.1) is 39.9 Å². The van der Waals surface area contributed by atoms with Crippen molar-refractivity contribution in [3.63, 3.8) is 0 Å². The van der Waals surface area contributed by atoms with Gasteiger partial charge in [0.25, 0.3) is 17.1 Å². The third-order valence-corrected chi connectivity index (χ3v) is 9.38. The van der Waals surface area contributed by atoms with Crippen LogP contribution < -0.4 is 25.2 Å². The zero-order valence-electron chi connectivity index (χ0n) is 24.7. The number of halogens is 2. The number of allylic oxidation sites excluding steroid dienone is 2. The van der Waals surface area contributed by atoms with Crippen LogP contribution in [0.3, 0.4) is 0 Å². The molecule has 1 fully saturated rings. The molecule has 0 radical (unpaired) electrons. The second-order valence-corrected chi connectivity index (χ2v) is 13.5. The molecule has 202 valence electrons. The molecule has 0 saturated heterocycles. The molecule has 2 aromatic heterocycles. The SMILES string of the molecule is CC#[NH+].CC1(C)C2=[NH+][C@@]3(C=C2)C(C)(C)[C@]32C=CC(=[NH+]2)C(C)(C)c2ccc([n-]2)C(C)(C)c2ccc1[n-]2.ClCCl.[Mg+2]. The molecular formula is C31H40Cl2MgN5+3. The molecule has 0 amide bonds. The van der Waals surface area contributed by atoms with Crippen molar-refractivity contribution in [2.24, 2.45) is 5.41 Å². The fraction of sp³-hybridized carbons (Fsp3) is 0.516. The second kappa shape index (κ2) is 10.2. The molecule has 1 saturated carbocycles. The molecule has 3 N–H and O–H groups in total. The number of nitrogens with zero attached hydrogens (tertiary/aromatic N) is 2. The maximum atomic E-state index is 5.96. The number of hydrogen-bond donors (Lipinski definition) is 3. The molecule has 39 heavy (non-hydrogen) atoms. The third-order valence-electron chi connectivity index (χ3n) is 9.38. The summed E-state index contributed by atoms with van der Waals surface area (Å²) < 4.78 is 0. The van der Waals surface area contributed by atoms with Crippen LogP contribution in [0.4, 0.5) is 0 Å². The fourth-order valence-electron chi connectivity index (χ4n) is 6.39. The van der Waals surface area contributed by atoms with E-state index in [2.05, 4.69) is 114 Å². The van der Waals surface area contributed by atoms with Crippen molar-refractivity contribution in [1.29, 1.82) is 0 Å². The van der Waals surface area contributed by atoms with Gasteiger partial charge < -0.3 is 9.97 Å². The molecule has 2 spiro atoms. The summed E-state index contributed by atoms with van der Waals surface area (Å²) >= 11 is 9.53. The van der Waals surface area contributed by atoms with E-state index in [1.54, 1.807) is 6.92 Å². The van der Waals surface area contributed by atoms with E-state index in [9.17, 15) is 0 Å². The van der Waals surface area contributed by atoms with Crippen molar-refractivity contribution < 1.29 is 15.2 Å². The topological polar surface area (TPSA) is 79.9 Å². The van der Waals surface area contributed by atoms with Crippen LogP contribution in [-0.2, 0) is 16.2 Å². The smallest absolute Gasteiger partial charge is 0.663 e. The molecule has 1 aliphatic carbocycles. The van der Waals surface area contributed by atoms with Gasteiger partial charge in [-0.1, -0.05) is 38.1 Å². The van der Waals surface area contributed by atoms with Gasteiger partial charge in [0.1, 0.15) is 5.41 Å². The van der Waals surface area contributed by atoms with Gasteiger partial charge in [0.2, 0.25) is 0 Å². The number of hydrogen-bond acceptors (Lipinski definition) is 0. The van der Waals surface area contributed by atoms with Gasteiger partial charge in [-0.3, -0.25) is 0 Å². The van der Waals surface area contributed by atoms with Crippen LogP contribution in [0.25, 0.3) is 0 Å². The zero-order valence-corrected chi connectivity index (χ0v) is 27.6. The normalized spacial score (nSPS) is 28.4. The van der Waals surface area contributed by atoms with Crippen LogP contribution in [-0.4, -0.2) is 50.9 Å². The van der Waals surface area contributed by atoms with Gasteiger partial charge in [0, 0.05) is 24.3 Å².